The van der Waals surface area contributed by atoms with E-state index >= 15 is 0 Å². The summed E-state index contributed by atoms with van der Waals surface area (Å²) in [5, 5.41) is 19.5. The van der Waals surface area contributed by atoms with Gasteiger partial charge in [-0.3, -0.25) is 10.1 Å². The Morgan fingerprint density at radius 2 is 2.21 bits per heavy atom. The molecule has 4 nitrogen and oxygen atoms in total. The third-order valence-corrected chi connectivity index (χ3v) is 2.88. The second-order valence-electron chi connectivity index (χ2n) is 4.08. The zero-order valence-corrected chi connectivity index (χ0v) is 9.59. The predicted molar refractivity (Wildman–Crippen MR) is 63.6 cm³/mol. The Kier molecular flexibility index (Phi) is 3.13. The van der Waals surface area contributed by atoms with Crippen LogP contribution in [0.5, 0.6) is 0 Å². The number of nitrogens with zero attached hydrogens (tertiary/aromatic N) is 2. The van der Waals surface area contributed by atoms with Crippen LogP contribution in [0.25, 0.3) is 0 Å². The smallest absolute Gasteiger partial charge is 0.258 e. The second kappa shape index (κ2) is 4.61. The number of nitriles is 1. The number of allylic oxidation sites excluding steroid dienone is 4. The largest absolute Gasteiger partial charge is 0.269 e. The first-order chi connectivity index (χ1) is 8.98. The number of rotatable bonds is 2. The zero-order chi connectivity index (χ0) is 14.0. The standard InChI is InChI=1S/C13H8F2N2O2/c14-11-5-2-6-13(15,8-16)12(11)9-3-1-4-10(7-9)17(18)19/h1-7,12H. The minimum atomic E-state index is -2.55. The van der Waals surface area contributed by atoms with Crippen molar-refractivity contribution in [2.24, 2.45) is 0 Å². The molecule has 0 saturated heterocycles. The van der Waals surface area contributed by atoms with E-state index < -0.39 is 22.3 Å². The van der Waals surface area contributed by atoms with E-state index in [1.165, 1.54) is 24.3 Å². The summed E-state index contributed by atoms with van der Waals surface area (Å²) in [6, 6.07) is 6.38. The fourth-order valence-electron chi connectivity index (χ4n) is 1.99. The van der Waals surface area contributed by atoms with Crippen LogP contribution in [0.2, 0.25) is 0 Å². The second-order valence-corrected chi connectivity index (χ2v) is 4.08. The van der Waals surface area contributed by atoms with Crippen LogP contribution in [-0.4, -0.2) is 10.6 Å². The molecule has 1 aliphatic carbocycles. The molecule has 0 aromatic heterocycles. The Hall–Kier alpha value is -2.55. The van der Waals surface area contributed by atoms with Gasteiger partial charge in [-0.05, 0) is 17.7 Å². The maximum Gasteiger partial charge on any atom is 0.269 e. The van der Waals surface area contributed by atoms with Crippen LogP contribution in [0.1, 0.15) is 11.5 Å². The van der Waals surface area contributed by atoms with Gasteiger partial charge in [0.2, 0.25) is 5.67 Å². The highest BCUT2D eigenvalue weighted by atomic mass is 19.1. The lowest BCUT2D eigenvalue weighted by Crippen LogP contribution is -2.29. The normalized spacial score (nSPS) is 25.5. The van der Waals surface area contributed by atoms with E-state index in [1.807, 2.05) is 0 Å². The Labute approximate surface area is 107 Å². The first-order valence-electron chi connectivity index (χ1n) is 5.37. The zero-order valence-electron chi connectivity index (χ0n) is 9.59. The lowest BCUT2D eigenvalue weighted by Gasteiger charge is -2.26. The number of nitro groups is 1. The molecule has 2 atom stereocenters. The maximum atomic E-state index is 14.3. The van der Waals surface area contributed by atoms with Gasteiger partial charge in [-0.2, -0.15) is 5.26 Å². The summed E-state index contributed by atoms with van der Waals surface area (Å²) in [5.74, 6) is -2.32. The number of hydrogen-bond acceptors (Lipinski definition) is 3. The van der Waals surface area contributed by atoms with Gasteiger partial charge in [-0.1, -0.05) is 18.2 Å². The average molecular weight is 262 g/mol. The van der Waals surface area contributed by atoms with Crippen molar-refractivity contribution in [1.29, 1.82) is 5.26 Å². The van der Waals surface area contributed by atoms with Crippen molar-refractivity contribution in [2.75, 3.05) is 0 Å². The van der Waals surface area contributed by atoms with Gasteiger partial charge in [0.15, 0.2) is 0 Å². The van der Waals surface area contributed by atoms with Crippen molar-refractivity contribution in [3.63, 3.8) is 0 Å². The van der Waals surface area contributed by atoms with E-state index in [-0.39, 0.29) is 11.3 Å². The van der Waals surface area contributed by atoms with Crippen molar-refractivity contribution in [3.8, 4) is 6.07 Å². The Balaban J connectivity index is 2.53. The Morgan fingerprint density at radius 1 is 1.47 bits per heavy atom. The third-order valence-electron chi connectivity index (χ3n) is 2.88. The van der Waals surface area contributed by atoms with Crippen LogP contribution in [-0.2, 0) is 0 Å². The number of halogens is 2. The third kappa shape index (κ3) is 2.22. The Bertz CT molecular complexity index is 634. The quantitative estimate of drug-likeness (QED) is 0.606. The number of alkyl halides is 1. The molecule has 6 heteroatoms. The number of hydrogen-bond donors (Lipinski definition) is 0. The highest BCUT2D eigenvalue weighted by Gasteiger charge is 2.43. The summed E-state index contributed by atoms with van der Waals surface area (Å²) in [6.45, 7) is 0. The number of benzene rings is 1. The fraction of sp³-hybridized carbons (Fsp3) is 0.154. The molecule has 19 heavy (non-hydrogen) atoms. The molecule has 2 unspecified atom stereocenters. The first kappa shape index (κ1) is 12.9. The first-order valence-corrected chi connectivity index (χ1v) is 5.37. The summed E-state index contributed by atoms with van der Waals surface area (Å²) >= 11 is 0. The molecule has 1 aromatic carbocycles. The van der Waals surface area contributed by atoms with Gasteiger partial charge in [0.05, 0.1) is 10.8 Å². The molecule has 1 aromatic rings. The summed E-state index contributed by atoms with van der Waals surface area (Å²) in [6.07, 6.45) is 3.10. The molecule has 0 saturated carbocycles. The van der Waals surface area contributed by atoms with Gasteiger partial charge in [0, 0.05) is 12.1 Å². The van der Waals surface area contributed by atoms with E-state index in [0.29, 0.717) is 0 Å². The molecule has 0 heterocycles. The van der Waals surface area contributed by atoms with E-state index in [1.54, 1.807) is 0 Å². The lowest BCUT2D eigenvalue weighted by atomic mass is 9.80. The van der Waals surface area contributed by atoms with Gasteiger partial charge in [-0.15, -0.1) is 0 Å². The molecular weight excluding hydrogens is 254 g/mol. The molecular formula is C13H8F2N2O2. The van der Waals surface area contributed by atoms with Gasteiger partial charge >= 0.3 is 0 Å². The van der Waals surface area contributed by atoms with Crippen LogP contribution in [0, 0.1) is 21.4 Å². The molecule has 0 N–H and O–H groups in total. The highest BCUT2D eigenvalue weighted by molar-refractivity contribution is 5.46. The van der Waals surface area contributed by atoms with E-state index in [4.69, 9.17) is 5.26 Å². The minimum absolute atomic E-state index is 0.0522. The molecule has 1 aliphatic rings. The maximum absolute atomic E-state index is 14.3. The number of non-ortho nitro benzene ring substituents is 1. The van der Waals surface area contributed by atoms with E-state index in [9.17, 15) is 18.9 Å². The summed E-state index contributed by atoms with van der Waals surface area (Å²) in [7, 11) is 0. The lowest BCUT2D eigenvalue weighted by molar-refractivity contribution is -0.384. The van der Waals surface area contributed by atoms with Crippen LogP contribution < -0.4 is 0 Å². The highest BCUT2D eigenvalue weighted by Crippen LogP contribution is 2.42. The van der Waals surface area contributed by atoms with Crippen LogP contribution in [0.3, 0.4) is 0 Å². The van der Waals surface area contributed by atoms with Crippen molar-refractivity contribution in [3.05, 3.63) is 64.0 Å². The van der Waals surface area contributed by atoms with E-state index in [0.717, 1.165) is 24.3 Å². The summed E-state index contributed by atoms with van der Waals surface area (Å²) < 4.78 is 28.1. The molecule has 0 fully saturated rings. The predicted octanol–water partition coefficient (Wildman–Crippen LogP) is 3.33. The number of nitro benzene ring substituents is 1. The van der Waals surface area contributed by atoms with Crippen molar-refractivity contribution in [2.45, 2.75) is 11.6 Å². The molecule has 0 amide bonds. The molecule has 2 rings (SSSR count). The van der Waals surface area contributed by atoms with Crippen LogP contribution >= 0.6 is 0 Å². The topological polar surface area (TPSA) is 66.9 Å². The van der Waals surface area contributed by atoms with E-state index in [2.05, 4.69) is 0 Å². The average Bonchev–Trinajstić information content (AvgIpc) is 2.39. The van der Waals surface area contributed by atoms with Gasteiger partial charge in [0.1, 0.15) is 11.9 Å². The fourth-order valence-corrected chi connectivity index (χ4v) is 1.99. The molecule has 0 radical (unpaired) electrons. The van der Waals surface area contributed by atoms with Gasteiger partial charge in [0.25, 0.3) is 5.69 Å². The van der Waals surface area contributed by atoms with Crippen molar-refractivity contribution in [1.82, 2.24) is 0 Å². The van der Waals surface area contributed by atoms with Gasteiger partial charge in [-0.25, -0.2) is 8.78 Å². The summed E-state index contributed by atoms with van der Waals surface area (Å²) in [4.78, 5) is 10.0. The summed E-state index contributed by atoms with van der Waals surface area (Å²) in [5.41, 5.74) is -2.77. The van der Waals surface area contributed by atoms with Crippen LogP contribution in [0.4, 0.5) is 14.5 Å². The molecule has 0 bridgehead atoms. The molecule has 0 spiro atoms. The van der Waals surface area contributed by atoms with Crippen LogP contribution in [0.15, 0.2) is 48.3 Å². The molecule has 96 valence electrons. The van der Waals surface area contributed by atoms with Gasteiger partial charge < -0.3 is 0 Å². The molecule has 0 aliphatic heterocycles. The Morgan fingerprint density at radius 3 is 2.84 bits per heavy atom. The minimum Gasteiger partial charge on any atom is -0.258 e. The van der Waals surface area contributed by atoms with Crippen molar-refractivity contribution >= 4 is 5.69 Å². The van der Waals surface area contributed by atoms with Crippen molar-refractivity contribution < 1.29 is 13.7 Å². The SMILES string of the molecule is N#CC1(F)C=CC=C(F)C1c1cccc([N+](=O)[O-])c1. The monoisotopic (exact) mass is 262 g/mol.